The van der Waals surface area contributed by atoms with Gasteiger partial charge in [-0.1, -0.05) is 48.0 Å². The lowest BCUT2D eigenvalue weighted by Crippen LogP contribution is -2.36. The molecule has 0 saturated heterocycles. The van der Waals surface area contributed by atoms with Crippen molar-refractivity contribution in [3.05, 3.63) is 65.2 Å². The molecular weight excluding hydrogens is 446 g/mol. The van der Waals surface area contributed by atoms with Crippen molar-refractivity contribution in [2.45, 2.75) is 45.3 Å². The highest BCUT2D eigenvalue weighted by molar-refractivity contribution is 5.95. The van der Waals surface area contributed by atoms with Gasteiger partial charge in [-0.05, 0) is 43.4 Å². The van der Waals surface area contributed by atoms with Gasteiger partial charge in [0.05, 0.1) is 13.2 Å². The zero-order valence-corrected chi connectivity index (χ0v) is 19.8. The molecule has 2 aromatic rings. The molecule has 8 nitrogen and oxygen atoms in total. The number of alkyl carbamates (subject to hydrolysis) is 1. The van der Waals surface area contributed by atoms with E-state index in [-0.39, 0.29) is 37.3 Å². The quantitative estimate of drug-likeness (QED) is 0.336. The standard InChI is InChI=1S/C24H31N3O5.ClH/c1-17-9-11-18(12-10-17)16-32-24(30)26-15-5-7-20(25)23(29)27-21-8-4-3-6-19(21)13-14-22(28)31-2;/h3-4,6,8-12,20H,5,7,13-16,25H2,1-2H3,(H,26,30)(H,27,29);1H/t20-;/m0./s1. The van der Waals surface area contributed by atoms with E-state index in [4.69, 9.17) is 10.5 Å². The molecule has 9 heteroatoms. The summed E-state index contributed by atoms with van der Waals surface area (Å²) in [7, 11) is 1.34. The average Bonchev–Trinajstić information content (AvgIpc) is 2.80. The second-order valence-electron chi connectivity index (χ2n) is 7.46. The maximum Gasteiger partial charge on any atom is 0.407 e. The molecule has 0 fully saturated rings. The fourth-order valence-corrected chi connectivity index (χ4v) is 2.95. The number of methoxy groups -OCH3 is 1. The van der Waals surface area contributed by atoms with E-state index >= 15 is 0 Å². The molecule has 0 heterocycles. The zero-order chi connectivity index (χ0) is 23.3. The number of aryl methyl sites for hydroxylation is 2. The highest BCUT2D eigenvalue weighted by atomic mass is 35.5. The van der Waals surface area contributed by atoms with Gasteiger partial charge in [0.25, 0.3) is 0 Å². The molecule has 180 valence electrons. The van der Waals surface area contributed by atoms with E-state index in [9.17, 15) is 14.4 Å². The molecule has 0 aliphatic carbocycles. The highest BCUT2D eigenvalue weighted by Gasteiger charge is 2.15. The first-order valence-corrected chi connectivity index (χ1v) is 10.6. The van der Waals surface area contributed by atoms with E-state index < -0.39 is 12.1 Å². The van der Waals surface area contributed by atoms with Gasteiger partial charge in [-0.25, -0.2) is 4.79 Å². The van der Waals surface area contributed by atoms with Gasteiger partial charge in [-0.15, -0.1) is 12.4 Å². The predicted molar refractivity (Wildman–Crippen MR) is 129 cm³/mol. The number of ether oxygens (including phenoxy) is 2. The predicted octanol–water partition coefficient (Wildman–Crippen LogP) is 3.49. The van der Waals surface area contributed by atoms with Crippen LogP contribution in [0, 0.1) is 6.92 Å². The molecular formula is C24H32ClN3O5. The third-order valence-electron chi connectivity index (χ3n) is 4.89. The Morgan fingerprint density at radius 3 is 2.45 bits per heavy atom. The van der Waals surface area contributed by atoms with Crippen molar-refractivity contribution >= 4 is 36.1 Å². The van der Waals surface area contributed by atoms with Crippen molar-refractivity contribution in [1.29, 1.82) is 0 Å². The van der Waals surface area contributed by atoms with E-state index in [1.165, 1.54) is 7.11 Å². The molecule has 0 spiro atoms. The molecule has 2 amide bonds. The number of amides is 2. The molecule has 33 heavy (non-hydrogen) atoms. The average molecular weight is 478 g/mol. The Kier molecular flexibility index (Phi) is 12.6. The van der Waals surface area contributed by atoms with Crippen molar-refractivity contribution in [1.82, 2.24) is 5.32 Å². The lowest BCUT2D eigenvalue weighted by atomic mass is 10.1. The Morgan fingerprint density at radius 1 is 1.06 bits per heavy atom. The Bertz CT molecular complexity index is 905. The van der Waals surface area contributed by atoms with Crippen LogP contribution in [-0.2, 0) is 32.1 Å². The number of carbonyl (C=O) groups excluding carboxylic acids is 3. The molecule has 0 aliphatic rings. The number of para-hydroxylation sites is 1. The number of anilines is 1. The first kappa shape index (κ1) is 27.9. The fourth-order valence-electron chi connectivity index (χ4n) is 2.95. The summed E-state index contributed by atoms with van der Waals surface area (Å²) in [6, 6.07) is 14.3. The topological polar surface area (TPSA) is 120 Å². The lowest BCUT2D eigenvalue weighted by Gasteiger charge is -2.15. The number of benzene rings is 2. The second kappa shape index (κ2) is 14.9. The van der Waals surface area contributed by atoms with Crippen molar-refractivity contribution < 1.29 is 23.9 Å². The summed E-state index contributed by atoms with van der Waals surface area (Å²) in [6.07, 6.45) is 1.09. The minimum absolute atomic E-state index is 0. The Morgan fingerprint density at radius 2 is 1.76 bits per heavy atom. The summed E-state index contributed by atoms with van der Waals surface area (Å²) >= 11 is 0. The van der Waals surface area contributed by atoms with E-state index in [1.54, 1.807) is 12.1 Å². The van der Waals surface area contributed by atoms with Crippen molar-refractivity contribution in [3.63, 3.8) is 0 Å². The van der Waals surface area contributed by atoms with E-state index in [1.807, 2.05) is 43.3 Å². The molecule has 0 saturated carbocycles. The number of rotatable bonds is 11. The molecule has 0 unspecified atom stereocenters. The van der Waals surface area contributed by atoms with Gasteiger partial charge in [-0.3, -0.25) is 9.59 Å². The zero-order valence-electron chi connectivity index (χ0n) is 19.0. The maximum absolute atomic E-state index is 12.4. The summed E-state index contributed by atoms with van der Waals surface area (Å²) in [5.74, 6) is -0.634. The number of nitrogens with one attached hydrogen (secondary N) is 2. The smallest absolute Gasteiger partial charge is 0.407 e. The summed E-state index contributed by atoms with van der Waals surface area (Å²) in [6.45, 7) is 2.54. The van der Waals surface area contributed by atoms with Gasteiger partial charge in [0, 0.05) is 18.7 Å². The van der Waals surface area contributed by atoms with Crippen LogP contribution in [-0.4, -0.2) is 37.7 Å². The molecule has 0 bridgehead atoms. The van der Waals surface area contributed by atoms with Gasteiger partial charge in [0.1, 0.15) is 6.61 Å². The van der Waals surface area contributed by atoms with Crippen LogP contribution in [0.1, 0.15) is 36.0 Å². The van der Waals surface area contributed by atoms with Gasteiger partial charge >= 0.3 is 12.1 Å². The molecule has 2 aromatic carbocycles. The molecule has 0 aliphatic heterocycles. The molecule has 0 aromatic heterocycles. The lowest BCUT2D eigenvalue weighted by molar-refractivity contribution is -0.140. The largest absolute Gasteiger partial charge is 0.469 e. The van der Waals surface area contributed by atoms with Gasteiger partial charge < -0.3 is 25.8 Å². The minimum Gasteiger partial charge on any atom is -0.469 e. The molecule has 4 N–H and O–H groups in total. The van der Waals surface area contributed by atoms with Gasteiger partial charge in [0.2, 0.25) is 5.91 Å². The molecule has 1 atom stereocenters. The van der Waals surface area contributed by atoms with Crippen LogP contribution < -0.4 is 16.4 Å². The first-order valence-electron chi connectivity index (χ1n) is 10.6. The van der Waals surface area contributed by atoms with Crippen LogP contribution in [0.2, 0.25) is 0 Å². The first-order chi connectivity index (χ1) is 15.4. The number of halogens is 1. The fraction of sp³-hybridized carbons (Fsp3) is 0.375. The summed E-state index contributed by atoms with van der Waals surface area (Å²) < 4.78 is 9.83. The summed E-state index contributed by atoms with van der Waals surface area (Å²) in [5.41, 5.74) is 9.50. The third kappa shape index (κ3) is 10.4. The second-order valence-corrected chi connectivity index (χ2v) is 7.46. The van der Waals surface area contributed by atoms with Crippen LogP contribution in [0.3, 0.4) is 0 Å². The van der Waals surface area contributed by atoms with Gasteiger partial charge in [0.15, 0.2) is 0 Å². The van der Waals surface area contributed by atoms with E-state index in [2.05, 4.69) is 15.4 Å². The van der Waals surface area contributed by atoms with Crippen LogP contribution >= 0.6 is 12.4 Å². The number of hydrogen-bond donors (Lipinski definition) is 3. The monoisotopic (exact) mass is 477 g/mol. The van der Waals surface area contributed by atoms with Crippen molar-refractivity contribution in [2.24, 2.45) is 5.73 Å². The van der Waals surface area contributed by atoms with Crippen molar-refractivity contribution in [3.8, 4) is 0 Å². The number of carbonyl (C=O) groups is 3. The maximum atomic E-state index is 12.4. The SMILES string of the molecule is COC(=O)CCc1ccccc1NC(=O)[C@@H](N)CCCNC(=O)OCc1ccc(C)cc1.Cl. The van der Waals surface area contributed by atoms with E-state index in [0.717, 1.165) is 16.7 Å². The normalized spacial score (nSPS) is 11.0. The Balaban J connectivity index is 0.00000544. The number of nitrogens with two attached hydrogens (primary N) is 1. The van der Waals surface area contributed by atoms with Crippen LogP contribution in [0.15, 0.2) is 48.5 Å². The Labute approximate surface area is 200 Å². The number of hydrogen-bond acceptors (Lipinski definition) is 6. The van der Waals surface area contributed by atoms with Gasteiger partial charge in [-0.2, -0.15) is 0 Å². The molecule has 0 radical (unpaired) electrons. The summed E-state index contributed by atoms with van der Waals surface area (Å²) in [4.78, 5) is 35.6. The number of esters is 1. The third-order valence-corrected chi connectivity index (χ3v) is 4.89. The van der Waals surface area contributed by atoms with E-state index in [0.29, 0.717) is 31.5 Å². The molecule has 2 rings (SSSR count). The minimum atomic E-state index is -0.728. The highest BCUT2D eigenvalue weighted by Crippen LogP contribution is 2.17. The van der Waals surface area contributed by atoms with Crippen LogP contribution in [0.25, 0.3) is 0 Å². The van der Waals surface area contributed by atoms with Crippen LogP contribution in [0.5, 0.6) is 0 Å². The summed E-state index contributed by atoms with van der Waals surface area (Å²) in [5, 5.41) is 5.47. The van der Waals surface area contributed by atoms with Crippen LogP contribution in [0.4, 0.5) is 10.5 Å². The Hall–Kier alpha value is -3.10. The van der Waals surface area contributed by atoms with Crippen molar-refractivity contribution in [2.75, 3.05) is 19.0 Å².